The Morgan fingerprint density at radius 2 is 1.69 bits per heavy atom. The predicted molar refractivity (Wildman–Crippen MR) is 109 cm³/mol. The summed E-state index contributed by atoms with van der Waals surface area (Å²) in [6.07, 6.45) is 5.29. The number of carbonyl (C=O) groups excluding carboxylic acids is 3. The lowest BCUT2D eigenvalue weighted by Crippen LogP contribution is -2.41. The number of esters is 1. The molecular formula is C22H32N2O5. The zero-order valence-electron chi connectivity index (χ0n) is 17.5. The summed E-state index contributed by atoms with van der Waals surface area (Å²) in [5.41, 5.74) is 5.65. The second-order valence-corrected chi connectivity index (χ2v) is 8.31. The summed E-state index contributed by atoms with van der Waals surface area (Å²) in [7, 11) is 0. The van der Waals surface area contributed by atoms with Crippen LogP contribution in [-0.4, -0.2) is 37.0 Å². The van der Waals surface area contributed by atoms with Gasteiger partial charge in [0.15, 0.2) is 13.2 Å². The number of nitrogens with two attached hydrogens (primary N) is 1. The molecule has 0 radical (unpaired) electrons. The van der Waals surface area contributed by atoms with Crippen LogP contribution >= 0.6 is 0 Å². The number of hydrogen-bond acceptors (Lipinski definition) is 5. The summed E-state index contributed by atoms with van der Waals surface area (Å²) in [6.45, 7) is 6.31. The van der Waals surface area contributed by atoms with Gasteiger partial charge in [-0.2, -0.15) is 0 Å². The van der Waals surface area contributed by atoms with Gasteiger partial charge in [-0.3, -0.25) is 9.59 Å². The van der Waals surface area contributed by atoms with Crippen LogP contribution in [0.5, 0.6) is 5.75 Å². The van der Waals surface area contributed by atoms with E-state index < -0.39 is 11.9 Å². The number of rotatable bonds is 9. The molecule has 0 spiro atoms. The van der Waals surface area contributed by atoms with Crippen molar-refractivity contribution in [2.24, 2.45) is 17.1 Å². The molecule has 0 atom stereocenters. The van der Waals surface area contributed by atoms with Crippen molar-refractivity contribution >= 4 is 17.8 Å². The molecule has 7 nitrogen and oxygen atoms in total. The minimum absolute atomic E-state index is 0.145. The average Bonchev–Trinajstić information content (AvgIpc) is 2.71. The van der Waals surface area contributed by atoms with Gasteiger partial charge in [0, 0.05) is 6.04 Å². The van der Waals surface area contributed by atoms with Crippen molar-refractivity contribution in [1.82, 2.24) is 5.32 Å². The van der Waals surface area contributed by atoms with Crippen molar-refractivity contribution in [3.63, 3.8) is 0 Å². The largest absolute Gasteiger partial charge is 0.484 e. The second kappa shape index (κ2) is 10.3. The van der Waals surface area contributed by atoms with Crippen LogP contribution in [0.15, 0.2) is 24.3 Å². The first-order valence-electron chi connectivity index (χ1n) is 10.2. The highest BCUT2D eigenvalue weighted by atomic mass is 16.5. The van der Waals surface area contributed by atoms with Crippen LogP contribution in [-0.2, 0) is 14.3 Å². The van der Waals surface area contributed by atoms with E-state index in [1.54, 1.807) is 0 Å². The Morgan fingerprint density at radius 1 is 1.07 bits per heavy atom. The second-order valence-electron chi connectivity index (χ2n) is 8.31. The Balaban J connectivity index is 1.72. The highest BCUT2D eigenvalue weighted by Crippen LogP contribution is 2.40. The third-order valence-corrected chi connectivity index (χ3v) is 5.91. The molecule has 1 saturated carbocycles. The quantitative estimate of drug-likeness (QED) is 0.615. The topological polar surface area (TPSA) is 108 Å². The summed E-state index contributed by atoms with van der Waals surface area (Å²) < 4.78 is 10.2. The van der Waals surface area contributed by atoms with E-state index in [-0.39, 0.29) is 25.2 Å². The number of nitrogens with one attached hydrogen (secondary N) is 1. The molecule has 7 heteroatoms. The lowest BCUT2D eigenvalue weighted by atomic mass is 9.69. The third-order valence-electron chi connectivity index (χ3n) is 5.91. The molecule has 29 heavy (non-hydrogen) atoms. The van der Waals surface area contributed by atoms with Crippen molar-refractivity contribution in [1.29, 1.82) is 0 Å². The molecule has 1 aliphatic rings. The molecule has 0 unspecified atom stereocenters. The summed E-state index contributed by atoms with van der Waals surface area (Å²) in [5.74, 6) is -0.344. The molecule has 160 valence electrons. The van der Waals surface area contributed by atoms with Crippen molar-refractivity contribution in [2.75, 3.05) is 13.2 Å². The summed E-state index contributed by atoms with van der Waals surface area (Å²) in [4.78, 5) is 34.9. The van der Waals surface area contributed by atoms with Gasteiger partial charge in [-0.1, -0.05) is 27.2 Å². The highest BCUT2D eigenvalue weighted by molar-refractivity contribution is 5.91. The molecule has 1 aliphatic carbocycles. The number of amides is 2. The maximum absolute atomic E-state index is 12.1. The summed E-state index contributed by atoms with van der Waals surface area (Å²) in [5, 5.41) is 2.97. The zero-order valence-corrected chi connectivity index (χ0v) is 17.5. The number of carbonyl (C=O) groups is 3. The Hall–Kier alpha value is -2.57. The van der Waals surface area contributed by atoms with Crippen molar-refractivity contribution in [3.8, 4) is 5.75 Å². The average molecular weight is 405 g/mol. The van der Waals surface area contributed by atoms with E-state index in [9.17, 15) is 14.4 Å². The highest BCUT2D eigenvalue weighted by Gasteiger charge is 2.32. The molecule has 1 fully saturated rings. The van der Waals surface area contributed by atoms with Gasteiger partial charge in [-0.05, 0) is 61.3 Å². The fraction of sp³-hybridized carbons (Fsp3) is 0.591. The standard InChI is InChI=1S/C22H32N2O5/c1-4-22(2,3)16-7-9-17(10-8-16)24-20(26)14-29-21(27)15-5-11-18(12-6-15)28-13-19(23)25/h5-6,11-12,16-17H,4,7-10,13-14H2,1-3H3,(H2,23,25)(H,24,26). The van der Waals surface area contributed by atoms with E-state index in [0.717, 1.165) is 32.1 Å². The number of benzene rings is 1. The fourth-order valence-corrected chi connectivity index (χ4v) is 3.63. The summed E-state index contributed by atoms with van der Waals surface area (Å²) in [6, 6.07) is 6.23. The molecule has 0 heterocycles. The van der Waals surface area contributed by atoms with Gasteiger partial charge in [-0.15, -0.1) is 0 Å². The number of primary amides is 1. The predicted octanol–water partition coefficient (Wildman–Crippen LogP) is 2.82. The van der Waals surface area contributed by atoms with Crippen LogP contribution in [0.1, 0.15) is 63.2 Å². The van der Waals surface area contributed by atoms with E-state index >= 15 is 0 Å². The minimum atomic E-state index is -0.588. The molecule has 2 rings (SSSR count). The number of hydrogen-bond donors (Lipinski definition) is 2. The molecule has 0 aromatic heterocycles. The van der Waals surface area contributed by atoms with E-state index in [2.05, 4.69) is 26.1 Å². The Bertz CT molecular complexity index is 706. The van der Waals surface area contributed by atoms with Crippen LogP contribution in [0.2, 0.25) is 0 Å². The first-order valence-corrected chi connectivity index (χ1v) is 10.2. The first-order chi connectivity index (χ1) is 13.7. The monoisotopic (exact) mass is 404 g/mol. The van der Waals surface area contributed by atoms with Gasteiger partial charge < -0.3 is 20.5 Å². The van der Waals surface area contributed by atoms with Crippen molar-refractivity contribution in [3.05, 3.63) is 29.8 Å². The third kappa shape index (κ3) is 7.07. The normalized spacial score (nSPS) is 19.3. The summed E-state index contributed by atoms with van der Waals surface area (Å²) >= 11 is 0. The van der Waals surface area contributed by atoms with Gasteiger partial charge in [0.1, 0.15) is 5.75 Å². The van der Waals surface area contributed by atoms with Crippen molar-refractivity contribution < 1.29 is 23.9 Å². The lowest BCUT2D eigenvalue weighted by Gasteiger charge is -2.39. The smallest absolute Gasteiger partial charge is 0.338 e. The Labute approximate surface area is 172 Å². The minimum Gasteiger partial charge on any atom is -0.484 e. The molecular weight excluding hydrogens is 372 g/mol. The van der Waals surface area contributed by atoms with Gasteiger partial charge in [0.05, 0.1) is 5.56 Å². The lowest BCUT2D eigenvalue weighted by molar-refractivity contribution is -0.125. The van der Waals surface area contributed by atoms with Crippen LogP contribution in [0.4, 0.5) is 0 Å². The van der Waals surface area contributed by atoms with Gasteiger partial charge in [0.25, 0.3) is 11.8 Å². The molecule has 0 aliphatic heterocycles. The number of ether oxygens (including phenoxy) is 2. The maximum atomic E-state index is 12.1. The van der Waals surface area contributed by atoms with Gasteiger partial charge >= 0.3 is 5.97 Å². The molecule has 1 aromatic rings. The fourth-order valence-electron chi connectivity index (χ4n) is 3.63. The molecule has 3 N–H and O–H groups in total. The van der Waals surface area contributed by atoms with Crippen molar-refractivity contribution in [2.45, 2.75) is 58.9 Å². The van der Waals surface area contributed by atoms with Crippen LogP contribution in [0.3, 0.4) is 0 Å². The Morgan fingerprint density at radius 3 is 2.24 bits per heavy atom. The molecule has 2 amide bonds. The van der Waals surface area contributed by atoms with Crippen LogP contribution < -0.4 is 15.8 Å². The Kier molecular flexibility index (Phi) is 8.05. The van der Waals surface area contributed by atoms with E-state index in [0.29, 0.717) is 22.6 Å². The maximum Gasteiger partial charge on any atom is 0.338 e. The van der Waals surface area contributed by atoms with E-state index in [1.165, 1.54) is 24.3 Å². The van der Waals surface area contributed by atoms with Crippen LogP contribution in [0.25, 0.3) is 0 Å². The molecule has 1 aromatic carbocycles. The van der Waals surface area contributed by atoms with E-state index in [4.69, 9.17) is 15.2 Å². The van der Waals surface area contributed by atoms with Gasteiger partial charge in [0.2, 0.25) is 0 Å². The van der Waals surface area contributed by atoms with E-state index in [1.807, 2.05) is 0 Å². The molecule has 0 bridgehead atoms. The van der Waals surface area contributed by atoms with Crippen LogP contribution in [0, 0.1) is 11.3 Å². The first kappa shape index (κ1) is 22.7. The SMILES string of the molecule is CCC(C)(C)C1CCC(NC(=O)COC(=O)c2ccc(OCC(N)=O)cc2)CC1. The zero-order chi connectivity index (χ0) is 21.4. The van der Waals surface area contributed by atoms with Gasteiger partial charge in [-0.25, -0.2) is 4.79 Å². The molecule has 0 saturated heterocycles.